The first-order valence-corrected chi connectivity index (χ1v) is 8.31. The molecule has 0 radical (unpaired) electrons. The first kappa shape index (κ1) is 17.8. The summed E-state index contributed by atoms with van der Waals surface area (Å²) in [6, 6.07) is 7.41. The molecule has 8 nitrogen and oxygen atoms in total. The Morgan fingerprint density at radius 1 is 1.23 bits per heavy atom. The number of Topliss-reactive ketones (excluding diaryl/α,β-unsaturated/α-hetero) is 1. The second-order valence-corrected chi connectivity index (χ2v) is 5.72. The second kappa shape index (κ2) is 7.92. The molecular weight excluding hydrogens is 336 g/mol. The maximum atomic E-state index is 12.3. The van der Waals surface area contributed by atoms with Gasteiger partial charge in [-0.3, -0.25) is 9.36 Å². The zero-order valence-corrected chi connectivity index (χ0v) is 14.7. The summed E-state index contributed by atoms with van der Waals surface area (Å²) in [5.74, 6) is 0.0893. The molecule has 0 saturated carbocycles. The molecule has 3 rings (SSSR count). The number of ether oxygens (including phenoxy) is 2. The van der Waals surface area contributed by atoms with E-state index in [1.807, 2.05) is 19.1 Å². The first-order chi connectivity index (χ1) is 12.6. The number of rotatable bonds is 8. The number of nitrogens with one attached hydrogen (secondary N) is 1. The van der Waals surface area contributed by atoms with Crippen molar-refractivity contribution in [3.63, 3.8) is 0 Å². The molecule has 0 bridgehead atoms. The van der Waals surface area contributed by atoms with E-state index < -0.39 is 0 Å². The lowest BCUT2D eigenvalue weighted by atomic mass is 10.1. The zero-order valence-electron chi connectivity index (χ0n) is 14.7. The standard InChI is InChI=1S/C18H20N4O4/c1-3-15(23)13-6-4-12(5-7-13)11-22-16-14(20-18(22)24)10-19-17(21-16)26-9-8-25-2/h4-7,10H,3,8-9,11H2,1-2H3,(H,20,24). The minimum atomic E-state index is -0.281. The van der Waals surface area contributed by atoms with Crippen molar-refractivity contribution in [1.29, 1.82) is 0 Å². The summed E-state index contributed by atoms with van der Waals surface area (Å²) in [5, 5.41) is 0. The number of ketones is 1. The minimum absolute atomic E-state index is 0.0893. The molecule has 0 saturated heterocycles. The number of nitrogens with zero attached hydrogens (tertiary/aromatic N) is 3. The van der Waals surface area contributed by atoms with Crippen LogP contribution in [0.25, 0.3) is 11.2 Å². The van der Waals surface area contributed by atoms with Gasteiger partial charge in [-0.25, -0.2) is 9.78 Å². The van der Waals surface area contributed by atoms with Gasteiger partial charge >= 0.3 is 11.7 Å². The van der Waals surface area contributed by atoms with Crippen molar-refractivity contribution in [2.24, 2.45) is 0 Å². The molecule has 0 atom stereocenters. The van der Waals surface area contributed by atoms with E-state index in [-0.39, 0.29) is 17.5 Å². The molecule has 3 aromatic rings. The lowest BCUT2D eigenvalue weighted by Gasteiger charge is -2.06. The largest absolute Gasteiger partial charge is 0.461 e. The number of benzene rings is 1. The molecule has 1 aromatic carbocycles. The van der Waals surface area contributed by atoms with Crippen LogP contribution in [0.15, 0.2) is 35.3 Å². The number of aromatic amines is 1. The molecule has 0 aliphatic heterocycles. The van der Waals surface area contributed by atoms with Crippen LogP contribution >= 0.6 is 0 Å². The summed E-state index contributed by atoms with van der Waals surface area (Å²) < 4.78 is 11.8. The van der Waals surface area contributed by atoms with Gasteiger partial charge < -0.3 is 14.5 Å². The Labute approximate surface area is 149 Å². The van der Waals surface area contributed by atoms with Gasteiger partial charge in [0.05, 0.1) is 19.3 Å². The van der Waals surface area contributed by atoms with E-state index in [0.29, 0.717) is 42.9 Å². The van der Waals surface area contributed by atoms with Gasteiger partial charge in [-0.05, 0) is 5.56 Å². The molecule has 8 heteroatoms. The normalized spacial score (nSPS) is 11.0. The fraction of sp³-hybridized carbons (Fsp3) is 0.333. The number of imidazole rings is 1. The van der Waals surface area contributed by atoms with Gasteiger partial charge in [-0.1, -0.05) is 31.2 Å². The smallest absolute Gasteiger partial charge is 0.328 e. The maximum Gasteiger partial charge on any atom is 0.328 e. The van der Waals surface area contributed by atoms with Crippen molar-refractivity contribution in [2.75, 3.05) is 20.3 Å². The topological polar surface area (TPSA) is 99.1 Å². The summed E-state index contributed by atoms with van der Waals surface area (Å²) in [5.41, 5.74) is 2.27. The van der Waals surface area contributed by atoms with Crippen molar-refractivity contribution < 1.29 is 14.3 Å². The Morgan fingerprint density at radius 2 is 2.00 bits per heavy atom. The van der Waals surface area contributed by atoms with Gasteiger partial charge in [0.25, 0.3) is 0 Å². The van der Waals surface area contributed by atoms with Crippen molar-refractivity contribution >= 4 is 16.9 Å². The van der Waals surface area contributed by atoms with E-state index in [1.165, 1.54) is 10.8 Å². The SMILES string of the molecule is CCC(=O)c1ccc(Cn2c(=O)[nH]c3cnc(OCCOC)nc32)cc1. The molecule has 26 heavy (non-hydrogen) atoms. The molecule has 1 N–H and O–H groups in total. The number of carbonyl (C=O) groups is 1. The highest BCUT2D eigenvalue weighted by Crippen LogP contribution is 2.13. The summed E-state index contributed by atoms with van der Waals surface area (Å²) in [4.78, 5) is 35.1. The quantitative estimate of drug-likeness (QED) is 0.488. The third-order valence-electron chi connectivity index (χ3n) is 3.95. The Morgan fingerprint density at radius 3 is 2.69 bits per heavy atom. The second-order valence-electron chi connectivity index (χ2n) is 5.72. The lowest BCUT2D eigenvalue weighted by molar-refractivity contribution is 0.0988. The fourth-order valence-corrected chi connectivity index (χ4v) is 2.55. The third kappa shape index (κ3) is 3.80. The molecule has 0 fully saturated rings. The van der Waals surface area contributed by atoms with Crippen LogP contribution in [0.2, 0.25) is 0 Å². The fourth-order valence-electron chi connectivity index (χ4n) is 2.55. The molecule has 2 heterocycles. The van der Waals surface area contributed by atoms with Gasteiger partial charge in [-0.2, -0.15) is 4.98 Å². The average molecular weight is 356 g/mol. The third-order valence-corrected chi connectivity index (χ3v) is 3.95. The van der Waals surface area contributed by atoms with E-state index in [1.54, 1.807) is 19.2 Å². The van der Waals surface area contributed by atoms with Crippen LogP contribution < -0.4 is 10.4 Å². The van der Waals surface area contributed by atoms with Gasteiger partial charge in [0.15, 0.2) is 11.4 Å². The number of hydrogen-bond acceptors (Lipinski definition) is 6. The summed E-state index contributed by atoms with van der Waals surface area (Å²) in [6.07, 6.45) is 1.98. The first-order valence-electron chi connectivity index (χ1n) is 8.31. The number of hydrogen-bond donors (Lipinski definition) is 1. The van der Waals surface area contributed by atoms with Crippen molar-refractivity contribution in [3.8, 4) is 6.01 Å². The number of aromatic nitrogens is 4. The molecule has 0 unspecified atom stereocenters. The van der Waals surface area contributed by atoms with Gasteiger partial charge in [0, 0.05) is 19.1 Å². The van der Waals surface area contributed by atoms with E-state index in [0.717, 1.165) is 5.56 Å². The van der Waals surface area contributed by atoms with E-state index >= 15 is 0 Å². The molecule has 0 aliphatic carbocycles. The Balaban J connectivity index is 1.86. The Hall–Kier alpha value is -3.00. The lowest BCUT2D eigenvalue weighted by Crippen LogP contribution is -2.18. The number of H-pyrrole nitrogens is 1. The van der Waals surface area contributed by atoms with E-state index in [9.17, 15) is 9.59 Å². The van der Waals surface area contributed by atoms with Crippen molar-refractivity contribution in [3.05, 3.63) is 52.1 Å². The predicted octanol–water partition coefficient (Wildman–Crippen LogP) is 1.79. The van der Waals surface area contributed by atoms with Crippen LogP contribution in [-0.4, -0.2) is 45.6 Å². The summed E-state index contributed by atoms with van der Waals surface area (Å²) in [6.45, 7) is 2.90. The van der Waals surface area contributed by atoms with Crippen molar-refractivity contribution in [2.45, 2.75) is 19.9 Å². The average Bonchev–Trinajstić information content (AvgIpc) is 2.97. The molecule has 0 spiro atoms. The number of methoxy groups -OCH3 is 1. The molecular formula is C18H20N4O4. The highest BCUT2D eigenvalue weighted by molar-refractivity contribution is 5.95. The van der Waals surface area contributed by atoms with Gasteiger partial charge in [0.1, 0.15) is 12.1 Å². The Bertz CT molecular complexity index is 959. The predicted molar refractivity (Wildman–Crippen MR) is 95.7 cm³/mol. The zero-order chi connectivity index (χ0) is 18.5. The summed E-state index contributed by atoms with van der Waals surface area (Å²) >= 11 is 0. The van der Waals surface area contributed by atoms with Crippen molar-refractivity contribution in [1.82, 2.24) is 19.5 Å². The molecule has 0 aliphatic rings. The molecule has 0 amide bonds. The monoisotopic (exact) mass is 356 g/mol. The van der Waals surface area contributed by atoms with Crippen LogP contribution in [0.3, 0.4) is 0 Å². The van der Waals surface area contributed by atoms with E-state index in [4.69, 9.17) is 9.47 Å². The highest BCUT2D eigenvalue weighted by Gasteiger charge is 2.12. The number of fused-ring (bicyclic) bond motifs is 1. The van der Waals surface area contributed by atoms with Crippen LogP contribution in [0.4, 0.5) is 0 Å². The van der Waals surface area contributed by atoms with E-state index in [2.05, 4.69) is 15.0 Å². The number of carbonyl (C=O) groups excluding carboxylic acids is 1. The van der Waals surface area contributed by atoms with Crippen LogP contribution in [0, 0.1) is 0 Å². The van der Waals surface area contributed by atoms with Gasteiger partial charge in [-0.15, -0.1) is 0 Å². The summed E-state index contributed by atoms with van der Waals surface area (Å²) in [7, 11) is 1.58. The highest BCUT2D eigenvalue weighted by atomic mass is 16.5. The van der Waals surface area contributed by atoms with Gasteiger partial charge in [0.2, 0.25) is 0 Å². The minimum Gasteiger partial charge on any atom is -0.461 e. The molecule has 136 valence electrons. The Kier molecular flexibility index (Phi) is 5.43. The maximum absolute atomic E-state index is 12.3. The molecule has 2 aromatic heterocycles. The van der Waals surface area contributed by atoms with Crippen LogP contribution in [0.5, 0.6) is 6.01 Å². The van der Waals surface area contributed by atoms with Crippen LogP contribution in [0.1, 0.15) is 29.3 Å². The van der Waals surface area contributed by atoms with Crippen LogP contribution in [-0.2, 0) is 11.3 Å².